The maximum Gasteiger partial charge on any atom is 0.223 e. The second-order valence-corrected chi connectivity index (χ2v) is 7.48. The van der Waals surface area contributed by atoms with Gasteiger partial charge in [0.15, 0.2) is 0 Å². The van der Waals surface area contributed by atoms with Gasteiger partial charge < -0.3 is 9.80 Å². The monoisotopic (exact) mass is 411 g/mol. The zero-order chi connectivity index (χ0) is 20.1. The molecule has 8 nitrogen and oxygen atoms in total. The Hall–Kier alpha value is -3.00. The van der Waals surface area contributed by atoms with E-state index in [0.29, 0.717) is 31.1 Å². The number of benzene rings is 1. The number of carbonyl (C=O) groups excluding carboxylic acids is 1. The predicted octanol–water partition coefficient (Wildman–Crippen LogP) is 2.24. The van der Waals surface area contributed by atoms with Crippen molar-refractivity contribution < 1.29 is 4.79 Å². The molecule has 4 rings (SSSR count). The van der Waals surface area contributed by atoms with Crippen LogP contribution in [0, 0.1) is 0 Å². The summed E-state index contributed by atoms with van der Waals surface area (Å²) < 4.78 is 1.66. The predicted molar refractivity (Wildman–Crippen MR) is 110 cm³/mol. The van der Waals surface area contributed by atoms with E-state index in [1.165, 1.54) is 0 Å². The zero-order valence-corrected chi connectivity index (χ0v) is 16.7. The molecule has 0 radical (unpaired) electrons. The van der Waals surface area contributed by atoms with Gasteiger partial charge in [0.1, 0.15) is 12.1 Å². The van der Waals surface area contributed by atoms with E-state index in [4.69, 9.17) is 11.6 Å². The number of hydrogen-bond acceptors (Lipinski definition) is 6. The summed E-state index contributed by atoms with van der Waals surface area (Å²) in [5.74, 6) is 1.06. The van der Waals surface area contributed by atoms with E-state index >= 15 is 0 Å². The fraction of sp³-hybridized carbons (Fsp3) is 0.350. The van der Waals surface area contributed by atoms with E-state index in [2.05, 4.69) is 25.4 Å². The summed E-state index contributed by atoms with van der Waals surface area (Å²) in [5.41, 5.74) is 1.05. The van der Waals surface area contributed by atoms with Crippen LogP contribution in [0.2, 0.25) is 5.02 Å². The minimum absolute atomic E-state index is 0.0305. The number of rotatable bonds is 6. The summed E-state index contributed by atoms with van der Waals surface area (Å²) in [6, 6.07) is 13.5. The van der Waals surface area contributed by atoms with E-state index in [9.17, 15) is 4.79 Å². The Kier molecular flexibility index (Phi) is 6.00. The van der Waals surface area contributed by atoms with Crippen molar-refractivity contribution in [2.24, 2.45) is 0 Å². The van der Waals surface area contributed by atoms with Crippen LogP contribution >= 0.6 is 11.6 Å². The second-order valence-electron chi connectivity index (χ2n) is 7.04. The summed E-state index contributed by atoms with van der Waals surface area (Å²) in [4.78, 5) is 21.6. The van der Waals surface area contributed by atoms with Crippen LogP contribution in [-0.4, -0.2) is 62.2 Å². The van der Waals surface area contributed by atoms with E-state index in [-0.39, 0.29) is 11.8 Å². The maximum atomic E-state index is 13.0. The first-order valence-corrected chi connectivity index (χ1v) is 9.97. The number of carbonyl (C=O) groups is 1. The minimum atomic E-state index is -0.0305. The number of halogens is 1. The van der Waals surface area contributed by atoms with Crippen LogP contribution in [0.3, 0.4) is 0 Å². The van der Waals surface area contributed by atoms with Crippen LogP contribution in [0.25, 0.3) is 0 Å². The van der Waals surface area contributed by atoms with Crippen LogP contribution in [0.5, 0.6) is 0 Å². The Balaban J connectivity index is 1.40. The quantitative estimate of drug-likeness (QED) is 0.619. The molecule has 3 aromatic rings. The third-order valence-electron chi connectivity index (χ3n) is 5.17. The molecule has 2 aromatic heterocycles. The number of anilines is 1. The zero-order valence-electron chi connectivity index (χ0n) is 15.9. The van der Waals surface area contributed by atoms with Gasteiger partial charge in [-0.05, 0) is 40.3 Å². The highest BCUT2D eigenvalue weighted by Gasteiger charge is 2.25. The van der Waals surface area contributed by atoms with Gasteiger partial charge in [0, 0.05) is 49.7 Å². The highest BCUT2D eigenvalue weighted by atomic mass is 35.5. The normalized spacial score (nSPS) is 15.3. The van der Waals surface area contributed by atoms with Crippen LogP contribution in [0.15, 0.2) is 55.0 Å². The number of nitrogens with zero attached hydrogens (tertiary/aromatic N) is 7. The van der Waals surface area contributed by atoms with Crippen LogP contribution in [0.1, 0.15) is 17.9 Å². The molecule has 3 heterocycles. The minimum Gasteiger partial charge on any atom is -0.353 e. The molecule has 1 fully saturated rings. The Morgan fingerprint density at radius 2 is 1.86 bits per heavy atom. The standard InChI is InChI=1S/C20H22ClN7O/c21-18-6-4-16(5-7-18)17(14-28-15-23-24-25-28)13-20(29)27-11-9-26(10-12-27)19-3-1-2-8-22-19/h1-8,15,17H,9-14H2. The Labute approximate surface area is 174 Å². The molecular weight excluding hydrogens is 390 g/mol. The van der Waals surface area contributed by atoms with Gasteiger partial charge >= 0.3 is 0 Å². The van der Waals surface area contributed by atoms with Gasteiger partial charge in [-0.25, -0.2) is 9.67 Å². The van der Waals surface area contributed by atoms with Gasteiger partial charge in [-0.2, -0.15) is 0 Å². The highest BCUT2D eigenvalue weighted by Crippen LogP contribution is 2.25. The van der Waals surface area contributed by atoms with E-state index < -0.39 is 0 Å². The third-order valence-corrected chi connectivity index (χ3v) is 5.42. The first-order valence-electron chi connectivity index (χ1n) is 9.59. The molecule has 1 amide bonds. The molecular formula is C20H22ClN7O. The molecule has 9 heteroatoms. The van der Waals surface area contributed by atoms with Crippen molar-refractivity contribution in [1.82, 2.24) is 30.1 Å². The number of hydrogen-bond donors (Lipinski definition) is 0. The van der Waals surface area contributed by atoms with Crippen molar-refractivity contribution in [2.75, 3.05) is 31.1 Å². The highest BCUT2D eigenvalue weighted by molar-refractivity contribution is 6.30. The number of pyridine rings is 1. The molecule has 1 atom stereocenters. The van der Waals surface area contributed by atoms with Gasteiger partial charge in [0.25, 0.3) is 0 Å². The smallest absolute Gasteiger partial charge is 0.223 e. The number of amides is 1. The molecule has 0 spiro atoms. The average Bonchev–Trinajstić information content (AvgIpc) is 3.28. The van der Waals surface area contributed by atoms with Crippen molar-refractivity contribution in [3.63, 3.8) is 0 Å². The average molecular weight is 412 g/mol. The molecule has 0 aliphatic carbocycles. The molecule has 1 aromatic carbocycles. The van der Waals surface area contributed by atoms with Crippen molar-refractivity contribution in [1.29, 1.82) is 0 Å². The molecule has 150 valence electrons. The molecule has 0 saturated carbocycles. The molecule has 0 N–H and O–H groups in total. The molecule has 1 aliphatic heterocycles. The van der Waals surface area contributed by atoms with E-state index in [1.54, 1.807) is 17.2 Å². The lowest BCUT2D eigenvalue weighted by Crippen LogP contribution is -2.49. The first kappa shape index (κ1) is 19.3. The van der Waals surface area contributed by atoms with Gasteiger partial charge in [-0.15, -0.1) is 5.10 Å². The third kappa shape index (κ3) is 4.89. The Bertz CT molecular complexity index is 910. The molecule has 0 bridgehead atoms. The summed E-state index contributed by atoms with van der Waals surface area (Å²) >= 11 is 6.03. The summed E-state index contributed by atoms with van der Waals surface area (Å²) in [5, 5.41) is 12.0. The van der Waals surface area contributed by atoms with Crippen molar-refractivity contribution in [2.45, 2.75) is 18.9 Å². The van der Waals surface area contributed by atoms with Crippen molar-refractivity contribution in [3.05, 3.63) is 65.6 Å². The summed E-state index contributed by atoms with van der Waals surface area (Å²) in [7, 11) is 0. The topological polar surface area (TPSA) is 80.0 Å². The van der Waals surface area contributed by atoms with Gasteiger partial charge in [0.05, 0.1) is 6.54 Å². The second kappa shape index (κ2) is 9.00. The lowest BCUT2D eigenvalue weighted by atomic mass is 9.95. The van der Waals surface area contributed by atoms with Crippen LogP contribution in [-0.2, 0) is 11.3 Å². The number of aromatic nitrogens is 5. The Morgan fingerprint density at radius 1 is 1.07 bits per heavy atom. The molecule has 1 unspecified atom stereocenters. The first-order chi connectivity index (χ1) is 14.2. The lowest BCUT2D eigenvalue weighted by Gasteiger charge is -2.36. The van der Waals surface area contributed by atoms with Gasteiger partial charge in [-0.1, -0.05) is 29.8 Å². The van der Waals surface area contributed by atoms with Gasteiger partial charge in [0.2, 0.25) is 5.91 Å². The van der Waals surface area contributed by atoms with Crippen LogP contribution in [0.4, 0.5) is 5.82 Å². The summed E-state index contributed by atoms with van der Waals surface area (Å²) in [6.45, 7) is 3.47. The molecule has 1 saturated heterocycles. The van der Waals surface area contributed by atoms with E-state index in [1.807, 2.05) is 47.4 Å². The lowest BCUT2D eigenvalue weighted by molar-refractivity contribution is -0.132. The SMILES string of the molecule is O=C(CC(Cn1cnnn1)c1ccc(Cl)cc1)N1CCN(c2ccccn2)CC1. The molecule has 29 heavy (non-hydrogen) atoms. The van der Waals surface area contributed by atoms with Crippen molar-refractivity contribution in [3.8, 4) is 0 Å². The maximum absolute atomic E-state index is 13.0. The largest absolute Gasteiger partial charge is 0.353 e. The number of tetrazole rings is 1. The van der Waals surface area contributed by atoms with Crippen molar-refractivity contribution >= 4 is 23.3 Å². The number of piperazine rings is 1. The van der Waals surface area contributed by atoms with Gasteiger partial charge in [-0.3, -0.25) is 4.79 Å². The van der Waals surface area contributed by atoms with Crippen LogP contribution < -0.4 is 4.90 Å². The fourth-order valence-corrected chi connectivity index (χ4v) is 3.70. The molecule has 1 aliphatic rings. The Morgan fingerprint density at radius 3 is 2.52 bits per heavy atom. The fourth-order valence-electron chi connectivity index (χ4n) is 3.58. The van der Waals surface area contributed by atoms with E-state index in [0.717, 1.165) is 24.5 Å². The summed E-state index contributed by atoms with van der Waals surface area (Å²) in [6.07, 6.45) is 3.76.